The molecule has 0 aliphatic heterocycles. The third kappa shape index (κ3) is 4.48. The van der Waals surface area contributed by atoms with Crippen LogP contribution in [-0.2, 0) is 0 Å². The molecular formula is C28H30N4O4. The Bertz CT molecular complexity index is 1450. The molecule has 2 aromatic carbocycles. The van der Waals surface area contributed by atoms with E-state index in [0.29, 0.717) is 34.2 Å². The number of rotatable bonds is 6. The lowest BCUT2D eigenvalue weighted by Crippen LogP contribution is -2.37. The highest BCUT2D eigenvalue weighted by molar-refractivity contribution is 6.04. The van der Waals surface area contributed by atoms with Gasteiger partial charge in [-0.25, -0.2) is 0 Å². The number of hydrogen-bond donors (Lipinski definition) is 2. The van der Waals surface area contributed by atoms with Crippen molar-refractivity contribution in [2.45, 2.75) is 57.1 Å². The number of fused-ring (bicyclic) bond motifs is 2. The minimum Gasteiger partial charge on any atom is -0.618 e. The summed E-state index contributed by atoms with van der Waals surface area (Å²) in [5.41, 5.74) is 1.17. The smallest absolute Gasteiger partial charge is 0.321 e. The van der Waals surface area contributed by atoms with E-state index in [2.05, 4.69) is 5.32 Å². The van der Waals surface area contributed by atoms with E-state index >= 15 is 0 Å². The molecule has 2 fully saturated rings. The number of carbonyl (C=O) groups excluding carboxylic acids is 1. The second-order valence-electron chi connectivity index (χ2n) is 10.5. The van der Waals surface area contributed by atoms with Crippen molar-refractivity contribution >= 4 is 33.4 Å². The zero-order valence-electron chi connectivity index (χ0n) is 20.3. The van der Waals surface area contributed by atoms with Crippen molar-refractivity contribution in [2.24, 2.45) is 5.92 Å². The highest BCUT2D eigenvalue weighted by Gasteiger charge is 2.30. The Kier molecular flexibility index (Phi) is 5.56. The van der Waals surface area contributed by atoms with Gasteiger partial charge in [-0.15, -0.1) is 0 Å². The summed E-state index contributed by atoms with van der Waals surface area (Å²) in [5.74, 6) is 0.604. The van der Waals surface area contributed by atoms with E-state index in [0.717, 1.165) is 54.8 Å². The van der Waals surface area contributed by atoms with Crippen LogP contribution in [0.5, 0.6) is 5.75 Å². The maximum absolute atomic E-state index is 13.2. The molecular weight excluding hydrogens is 456 g/mol. The Morgan fingerprint density at radius 1 is 1.17 bits per heavy atom. The van der Waals surface area contributed by atoms with Gasteiger partial charge in [-0.2, -0.15) is 9.83 Å². The van der Waals surface area contributed by atoms with Crippen LogP contribution in [0.4, 0.5) is 5.69 Å². The van der Waals surface area contributed by atoms with Gasteiger partial charge in [-0.3, -0.25) is 9.48 Å². The molecule has 6 rings (SSSR count). The standard InChI is InChI=1S/C28H30N4O4/c1-28(34)12-10-21(11-13-28)31-16-20-14-23(26(15-22(20)30-31)36-17-18-6-7-18)29-27(33)25-9-8-19-4-2-3-5-24(19)32(25)35/h2-5,8-9,14-16,18,21,34H,6-7,10-13,17H2,1H3,(H,29,33). The first-order valence-electron chi connectivity index (χ1n) is 12.7. The quantitative estimate of drug-likeness (QED) is 0.303. The number of carbonyl (C=O) groups is 1. The van der Waals surface area contributed by atoms with Crippen molar-refractivity contribution < 1.29 is 19.4 Å². The largest absolute Gasteiger partial charge is 0.618 e. The number of anilines is 1. The van der Waals surface area contributed by atoms with E-state index in [4.69, 9.17) is 9.84 Å². The minimum absolute atomic E-state index is 0.0203. The van der Waals surface area contributed by atoms with Crippen molar-refractivity contribution in [3.8, 4) is 5.75 Å². The molecule has 2 aliphatic rings. The van der Waals surface area contributed by atoms with Crippen LogP contribution in [0.25, 0.3) is 21.8 Å². The van der Waals surface area contributed by atoms with E-state index in [1.807, 2.05) is 42.1 Å². The lowest BCUT2D eigenvalue weighted by molar-refractivity contribution is -0.579. The highest BCUT2D eigenvalue weighted by atomic mass is 16.5. The summed E-state index contributed by atoms with van der Waals surface area (Å²) in [4.78, 5) is 13.2. The fourth-order valence-corrected chi connectivity index (χ4v) is 4.99. The molecule has 8 heteroatoms. The predicted octanol–water partition coefficient (Wildman–Crippen LogP) is 4.73. The fourth-order valence-electron chi connectivity index (χ4n) is 4.99. The van der Waals surface area contributed by atoms with Gasteiger partial charge in [-0.1, -0.05) is 12.1 Å². The number of nitrogens with zero attached hydrogens (tertiary/aromatic N) is 3. The van der Waals surface area contributed by atoms with Crippen LogP contribution in [0, 0.1) is 11.1 Å². The van der Waals surface area contributed by atoms with E-state index in [-0.39, 0.29) is 11.7 Å². The van der Waals surface area contributed by atoms with Crippen LogP contribution in [0.2, 0.25) is 0 Å². The zero-order valence-corrected chi connectivity index (χ0v) is 20.3. The lowest BCUT2D eigenvalue weighted by atomic mass is 9.84. The van der Waals surface area contributed by atoms with Gasteiger partial charge in [0.25, 0.3) is 5.69 Å². The van der Waals surface area contributed by atoms with Crippen molar-refractivity contribution in [2.75, 3.05) is 11.9 Å². The van der Waals surface area contributed by atoms with Crippen molar-refractivity contribution in [3.05, 3.63) is 65.6 Å². The van der Waals surface area contributed by atoms with Crippen LogP contribution in [0.1, 0.15) is 62.0 Å². The molecule has 0 atom stereocenters. The molecule has 186 valence electrons. The van der Waals surface area contributed by atoms with Crippen molar-refractivity contribution in [1.82, 2.24) is 9.78 Å². The molecule has 0 bridgehead atoms. The molecule has 2 heterocycles. The molecule has 2 saturated carbocycles. The predicted molar refractivity (Wildman–Crippen MR) is 137 cm³/mol. The molecule has 1 amide bonds. The normalized spacial score (nSPS) is 22.1. The third-order valence-corrected chi connectivity index (χ3v) is 7.48. The number of aromatic nitrogens is 3. The average Bonchev–Trinajstić information content (AvgIpc) is 3.60. The number of ether oxygens (including phenoxy) is 1. The second kappa shape index (κ2) is 8.78. The highest BCUT2D eigenvalue weighted by Crippen LogP contribution is 2.37. The summed E-state index contributed by atoms with van der Waals surface area (Å²) in [5, 5.41) is 32.6. The van der Waals surface area contributed by atoms with Gasteiger partial charge in [0.05, 0.1) is 29.5 Å². The molecule has 2 N–H and O–H groups in total. The van der Waals surface area contributed by atoms with E-state index < -0.39 is 11.5 Å². The Morgan fingerprint density at radius 3 is 2.72 bits per heavy atom. The Morgan fingerprint density at radius 2 is 1.94 bits per heavy atom. The lowest BCUT2D eigenvalue weighted by Gasteiger charge is -2.33. The van der Waals surface area contributed by atoms with Crippen LogP contribution >= 0.6 is 0 Å². The number of benzene rings is 2. The molecule has 2 aromatic heterocycles. The van der Waals surface area contributed by atoms with Gasteiger partial charge in [0.2, 0.25) is 5.52 Å². The number of para-hydroxylation sites is 1. The first kappa shape index (κ1) is 22.8. The topological polar surface area (TPSA) is 103 Å². The van der Waals surface area contributed by atoms with Gasteiger partial charge < -0.3 is 20.4 Å². The number of amides is 1. The Hall–Kier alpha value is -3.65. The molecule has 36 heavy (non-hydrogen) atoms. The molecule has 0 spiro atoms. The molecule has 4 aromatic rings. The Balaban J connectivity index is 1.31. The fraction of sp³-hybridized carbons (Fsp3) is 0.393. The number of nitrogens with one attached hydrogen (secondary N) is 1. The summed E-state index contributed by atoms with van der Waals surface area (Å²) in [6.07, 6.45) is 7.50. The maximum Gasteiger partial charge on any atom is 0.321 e. The first-order chi connectivity index (χ1) is 17.4. The average molecular weight is 487 g/mol. The van der Waals surface area contributed by atoms with Gasteiger partial charge in [0.1, 0.15) is 5.75 Å². The third-order valence-electron chi connectivity index (χ3n) is 7.48. The Labute approximate surface area is 209 Å². The molecule has 8 nitrogen and oxygen atoms in total. The van der Waals surface area contributed by atoms with Crippen LogP contribution in [0.3, 0.4) is 0 Å². The number of hydrogen-bond acceptors (Lipinski definition) is 5. The van der Waals surface area contributed by atoms with Gasteiger partial charge >= 0.3 is 5.91 Å². The van der Waals surface area contributed by atoms with E-state index in [1.165, 1.54) is 0 Å². The second-order valence-corrected chi connectivity index (χ2v) is 10.5. The number of pyridine rings is 1. The molecule has 0 radical (unpaired) electrons. The summed E-state index contributed by atoms with van der Waals surface area (Å²) in [6, 6.07) is 14.5. The molecule has 0 unspecified atom stereocenters. The van der Waals surface area contributed by atoms with Gasteiger partial charge in [0.15, 0.2) is 0 Å². The van der Waals surface area contributed by atoms with Crippen LogP contribution in [0.15, 0.2) is 54.7 Å². The summed E-state index contributed by atoms with van der Waals surface area (Å²) in [6.45, 7) is 2.48. The summed E-state index contributed by atoms with van der Waals surface area (Å²) in [7, 11) is 0. The summed E-state index contributed by atoms with van der Waals surface area (Å²) >= 11 is 0. The number of aliphatic hydroxyl groups is 1. The maximum atomic E-state index is 13.2. The van der Waals surface area contributed by atoms with Crippen molar-refractivity contribution in [3.63, 3.8) is 0 Å². The minimum atomic E-state index is -0.606. The van der Waals surface area contributed by atoms with E-state index in [1.54, 1.807) is 24.3 Å². The van der Waals surface area contributed by atoms with Crippen LogP contribution < -0.4 is 14.8 Å². The van der Waals surface area contributed by atoms with Gasteiger partial charge in [-0.05, 0) is 69.6 Å². The van der Waals surface area contributed by atoms with E-state index in [9.17, 15) is 15.1 Å². The first-order valence-corrected chi connectivity index (χ1v) is 12.7. The van der Waals surface area contributed by atoms with Crippen LogP contribution in [-0.4, -0.2) is 33.0 Å². The SMILES string of the molecule is CC1(O)CCC(n2cc3cc(NC(=O)c4ccc5ccccc5[n+]4[O-])c(OCC4CC4)cc3n2)CC1. The molecule has 0 saturated heterocycles. The summed E-state index contributed by atoms with van der Waals surface area (Å²) < 4.78 is 8.75. The zero-order chi connectivity index (χ0) is 24.9. The molecule has 2 aliphatic carbocycles. The monoisotopic (exact) mass is 486 g/mol. The van der Waals surface area contributed by atoms with Crippen molar-refractivity contribution in [1.29, 1.82) is 0 Å². The van der Waals surface area contributed by atoms with Gasteiger partial charge in [0, 0.05) is 35.2 Å².